The van der Waals surface area contributed by atoms with Crippen LogP contribution in [-0.4, -0.2) is 59.6 Å². The molecule has 2 aliphatic heterocycles. The molecule has 0 bridgehead atoms. The lowest BCUT2D eigenvalue weighted by atomic mass is 9.95. The third-order valence-corrected chi connectivity index (χ3v) is 7.03. The Hall–Kier alpha value is -2.70. The average molecular weight is 450 g/mol. The van der Waals surface area contributed by atoms with Crippen molar-refractivity contribution in [2.75, 3.05) is 32.8 Å². The van der Waals surface area contributed by atoms with Crippen molar-refractivity contribution in [2.45, 2.75) is 38.3 Å². The molecule has 2 saturated heterocycles. The van der Waals surface area contributed by atoms with Crippen LogP contribution in [0.3, 0.4) is 0 Å². The molecule has 174 valence electrons. The van der Waals surface area contributed by atoms with Gasteiger partial charge in [0.05, 0.1) is 6.10 Å². The molecule has 3 heterocycles. The summed E-state index contributed by atoms with van der Waals surface area (Å²) in [6.07, 6.45) is 4.22. The Labute approximate surface area is 194 Å². The summed E-state index contributed by atoms with van der Waals surface area (Å²) in [5.74, 6) is 0.360. The van der Waals surface area contributed by atoms with Crippen LogP contribution in [0.15, 0.2) is 54.6 Å². The van der Waals surface area contributed by atoms with E-state index in [1.807, 2.05) is 47.4 Å². The Kier molecular flexibility index (Phi) is 6.74. The zero-order valence-electron chi connectivity index (χ0n) is 19.0. The minimum absolute atomic E-state index is 0.0514. The fourth-order valence-electron chi connectivity index (χ4n) is 5.14. The van der Waals surface area contributed by atoms with Gasteiger partial charge in [-0.25, -0.2) is 4.39 Å². The number of para-hydroxylation sites is 1. The predicted octanol–water partition coefficient (Wildman–Crippen LogP) is 4.84. The third kappa shape index (κ3) is 5.28. The van der Waals surface area contributed by atoms with Gasteiger partial charge in [0.25, 0.3) is 5.91 Å². The van der Waals surface area contributed by atoms with Gasteiger partial charge in [0.1, 0.15) is 11.5 Å². The number of fused-ring (bicyclic) bond motifs is 1. The van der Waals surface area contributed by atoms with Crippen molar-refractivity contribution in [3.05, 3.63) is 71.7 Å². The highest BCUT2D eigenvalue weighted by Crippen LogP contribution is 2.24. The molecule has 3 aromatic rings. The number of amides is 1. The lowest BCUT2D eigenvalue weighted by Crippen LogP contribution is -2.43. The molecule has 5 rings (SSSR count). The molecule has 2 fully saturated rings. The van der Waals surface area contributed by atoms with Crippen LogP contribution < -0.4 is 0 Å². The number of nitrogens with one attached hydrogen (secondary N) is 1. The number of benzene rings is 2. The number of rotatable bonds is 7. The molecule has 6 heteroatoms. The third-order valence-electron chi connectivity index (χ3n) is 7.03. The second-order valence-electron chi connectivity index (χ2n) is 9.43. The second-order valence-corrected chi connectivity index (χ2v) is 9.43. The normalized spacial score (nSPS) is 19.8. The number of ether oxygens (including phenoxy) is 1. The smallest absolute Gasteiger partial charge is 0.270 e. The van der Waals surface area contributed by atoms with Crippen molar-refractivity contribution >= 4 is 16.8 Å². The van der Waals surface area contributed by atoms with Crippen molar-refractivity contribution in [3.8, 4) is 0 Å². The molecule has 0 spiro atoms. The molecule has 0 unspecified atom stereocenters. The summed E-state index contributed by atoms with van der Waals surface area (Å²) < 4.78 is 19.9. The van der Waals surface area contributed by atoms with Crippen LogP contribution >= 0.6 is 0 Å². The number of carbonyl (C=O) groups is 1. The number of likely N-dealkylation sites (tertiary alicyclic amines) is 1. The first kappa shape index (κ1) is 22.1. The summed E-state index contributed by atoms with van der Waals surface area (Å²) >= 11 is 0. The molecule has 1 atom stereocenters. The van der Waals surface area contributed by atoms with E-state index >= 15 is 0 Å². The Morgan fingerprint density at radius 1 is 1.06 bits per heavy atom. The summed E-state index contributed by atoms with van der Waals surface area (Å²) in [5, 5.41) is 1.05. The zero-order valence-corrected chi connectivity index (χ0v) is 19.0. The van der Waals surface area contributed by atoms with Crippen LogP contribution in [0.1, 0.15) is 41.7 Å². The van der Waals surface area contributed by atoms with Crippen LogP contribution in [-0.2, 0) is 11.3 Å². The Morgan fingerprint density at radius 3 is 2.61 bits per heavy atom. The van der Waals surface area contributed by atoms with Crippen LogP contribution in [0.25, 0.3) is 10.9 Å². The quantitative estimate of drug-likeness (QED) is 0.562. The minimum atomic E-state index is -0.133. The van der Waals surface area contributed by atoms with Crippen LogP contribution in [0.5, 0.6) is 0 Å². The Morgan fingerprint density at radius 2 is 1.85 bits per heavy atom. The van der Waals surface area contributed by atoms with E-state index in [1.54, 1.807) is 6.07 Å². The van der Waals surface area contributed by atoms with Crippen molar-refractivity contribution in [1.29, 1.82) is 0 Å². The van der Waals surface area contributed by atoms with Gasteiger partial charge in [0, 0.05) is 42.7 Å². The molecule has 33 heavy (non-hydrogen) atoms. The number of halogens is 1. The average Bonchev–Trinajstić information content (AvgIpc) is 3.50. The van der Waals surface area contributed by atoms with Crippen molar-refractivity contribution < 1.29 is 13.9 Å². The molecule has 2 aromatic carbocycles. The Balaban J connectivity index is 1.23. The number of piperidine rings is 1. The molecule has 5 nitrogen and oxygen atoms in total. The van der Waals surface area contributed by atoms with E-state index in [-0.39, 0.29) is 17.8 Å². The summed E-state index contributed by atoms with van der Waals surface area (Å²) in [5.41, 5.74) is 2.38. The standard InChI is InChI=1S/C27H32FN3O2/c28-24-9-3-1-7-22(24)18-30-13-11-20(12-14-30)17-31(19-23-8-5-15-33-23)27(32)26-16-21-6-2-4-10-25(21)29-26/h1-4,6-7,9-10,16,20,23,29H,5,8,11-15,17-19H2/t23-/m0/s1. The fourth-order valence-corrected chi connectivity index (χ4v) is 5.14. The maximum absolute atomic E-state index is 14.0. The number of hydrogen-bond acceptors (Lipinski definition) is 3. The topological polar surface area (TPSA) is 48.6 Å². The number of aromatic nitrogens is 1. The van der Waals surface area contributed by atoms with E-state index in [2.05, 4.69) is 9.88 Å². The van der Waals surface area contributed by atoms with E-state index in [9.17, 15) is 9.18 Å². The maximum Gasteiger partial charge on any atom is 0.270 e. The summed E-state index contributed by atoms with van der Waals surface area (Å²) in [4.78, 5) is 21.1. The van der Waals surface area contributed by atoms with Gasteiger partial charge < -0.3 is 14.6 Å². The minimum Gasteiger partial charge on any atom is -0.376 e. The molecule has 0 aliphatic carbocycles. The van der Waals surface area contributed by atoms with Gasteiger partial charge in [-0.1, -0.05) is 36.4 Å². The van der Waals surface area contributed by atoms with Crippen molar-refractivity contribution in [2.24, 2.45) is 5.92 Å². The lowest BCUT2D eigenvalue weighted by Gasteiger charge is -2.35. The highest BCUT2D eigenvalue weighted by molar-refractivity contribution is 5.98. The molecule has 1 N–H and O–H groups in total. The molecule has 1 aromatic heterocycles. The number of H-pyrrole nitrogens is 1. The van der Waals surface area contributed by atoms with Crippen molar-refractivity contribution in [1.82, 2.24) is 14.8 Å². The van der Waals surface area contributed by atoms with Crippen molar-refractivity contribution in [3.63, 3.8) is 0 Å². The largest absolute Gasteiger partial charge is 0.376 e. The summed E-state index contributed by atoms with van der Waals surface area (Å²) in [6, 6.07) is 17.0. The van der Waals surface area contributed by atoms with Gasteiger partial charge in [-0.15, -0.1) is 0 Å². The molecule has 0 radical (unpaired) electrons. The summed E-state index contributed by atoms with van der Waals surface area (Å²) in [7, 11) is 0. The first-order chi connectivity index (χ1) is 16.2. The zero-order chi connectivity index (χ0) is 22.6. The molecular formula is C27H32FN3O2. The van der Waals surface area contributed by atoms with E-state index in [1.165, 1.54) is 6.07 Å². The van der Waals surface area contributed by atoms with Gasteiger partial charge in [-0.3, -0.25) is 9.69 Å². The molecular weight excluding hydrogens is 417 g/mol. The second kappa shape index (κ2) is 10.1. The van der Waals surface area contributed by atoms with Crippen LogP contribution in [0, 0.1) is 11.7 Å². The van der Waals surface area contributed by atoms with Gasteiger partial charge >= 0.3 is 0 Å². The highest BCUT2D eigenvalue weighted by atomic mass is 19.1. The van der Waals surface area contributed by atoms with E-state index < -0.39 is 0 Å². The number of nitrogens with zero attached hydrogens (tertiary/aromatic N) is 2. The number of carbonyl (C=O) groups excluding carboxylic acids is 1. The number of hydrogen-bond donors (Lipinski definition) is 1. The van der Waals surface area contributed by atoms with Gasteiger partial charge in [0.2, 0.25) is 0 Å². The molecule has 0 saturated carbocycles. The first-order valence-electron chi connectivity index (χ1n) is 12.1. The van der Waals surface area contributed by atoms with Crippen LogP contribution in [0.2, 0.25) is 0 Å². The number of aromatic amines is 1. The SMILES string of the molecule is O=C(c1cc2ccccc2[nH]1)N(CC1CCN(Cc2ccccc2F)CC1)C[C@@H]1CCCO1. The fraction of sp³-hybridized carbons (Fsp3) is 0.444. The first-order valence-corrected chi connectivity index (χ1v) is 12.1. The predicted molar refractivity (Wildman–Crippen MR) is 128 cm³/mol. The highest BCUT2D eigenvalue weighted by Gasteiger charge is 2.28. The Bertz CT molecular complexity index is 1050. The van der Waals surface area contributed by atoms with Gasteiger partial charge in [0.15, 0.2) is 0 Å². The summed E-state index contributed by atoms with van der Waals surface area (Å²) in [6.45, 7) is 4.66. The molecule has 2 aliphatic rings. The van der Waals surface area contributed by atoms with Gasteiger partial charge in [-0.05, 0) is 62.9 Å². The van der Waals surface area contributed by atoms with Gasteiger partial charge in [-0.2, -0.15) is 0 Å². The maximum atomic E-state index is 14.0. The lowest BCUT2D eigenvalue weighted by molar-refractivity contribution is 0.0441. The van der Waals surface area contributed by atoms with E-state index in [0.717, 1.165) is 68.4 Å². The van der Waals surface area contributed by atoms with E-state index in [4.69, 9.17) is 4.74 Å². The molecule has 1 amide bonds. The van der Waals surface area contributed by atoms with E-state index in [0.29, 0.717) is 24.7 Å². The van der Waals surface area contributed by atoms with Crippen LogP contribution in [0.4, 0.5) is 4.39 Å². The monoisotopic (exact) mass is 449 g/mol.